The van der Waals surface area contributed by atoms with Crippen LogP contribution < -0.4 is 0 Å². The van der Waals surface area contributed by atoms with Gasteiger partial charge >= 0.3 is 0 Å². The van der Waals surface area contributed by atoms with Crippen LogP contribution in [0.1, 0.15) is 11.4 Å². The van der Waals surface area contributed by atoms with Gasteiger partial charge in [0.15, 0.2) is 5.82 Å². The number of rotatable bonds is 5. The fourth-order valence-electron chi connectivity index (χ4n) is 2.50. The van der Waals surface area contributed by atoms with E-state index in [-0.39, 0.29) is 0 Å². The highest BCUT2D eigenvalue weighted by Crippen LogP contribution is 2.30. The van der Waals surface area contributed by atoms with Gasteiger partial charge in [0.05, 0.1) is 22.3 Å². The third kappa shape index (κ3) is 2.93. The quantitative estimate of drug-likeness (QED) is 0.589. The van der Waals surface area contributed by atoms with E-state index in [2.05, 4.69) is 55.7 Å². The summed E-state index contributed by atoms with van der Waals surface area (Å²) in [5.74, 6) is 1.58. The minimum absolute atomic E-state index is 0.685. The lowest BCUT2D eigenvalue weighted by atomic mass is 10.1. The lowest BCUT2D eigenvalue weighted by molar-refractivity contribution is 0.865. The van der Waals surface area contributed by atoms with E-state index in [9.17, 15) is 0 Å². The van der Waals surface area contributed by atoms with Crippen LogP contribution in [0.2, 0.25) is 0 Å². The van der Waals surface area contributed by atoms with Crippen molar-refractivity contribution in [2.75, 3.05) is 0 Å². The van der Waals surface area contributed by atoms with Crippen molar-refractivity contribution in [3.8, 4) is 22.0 Å². The molecule has 2 N–H and O–H groups in total. The molecule has 114 valence electrons. The zero-order valence-electron chi connectivity index (χ0n) is 12.4. The van der Waals surface area contributed by atoms with E-state index in [1.807, 2.05) is 17.5 Å². The molecule has 0 aliphatic carbocycles. The Labute approximate surface area is 137 Å². The number of aromatic nitrogens is 5. The number of aryl methyl sites for hydroxylation is 2. The van der Waals surface area contributed by atoms with Gasteiger partial charge in [0.1, 0.15) is 5.82 Å². The van der Waals surface area contributed by atoms with Crippen molar-refractivity contribution in [2.45, 2.75) is 12.8 Å². The summed E-state index contributed by atoms with van der Waals surface area (Å²) in [6, 6.07) is 14.5. The van der Waals surface area contributed by atoms with E-state index in [0.717, 1.165) is 34.8 Å². The first kappa shape index (κ1) is 13.9. The number of benzene rings is 1. The molecular formula is C17H15N5S. The molecule has 5 nitrogen and oxygen atoms in total. The second-order valence-corrected chi connectivity index (χ2v) is 6.17. The molecule has 3 aromatic heterocycles. The Morgan fingerprint density at radius 2 is 1.87 bits per heavy atom. The topological polar surface area (TPSA) is 70.2 Å². The van der Waals surface area contributed by atoms with Gasteiger partial charge in [-0.1, -0.05) is 36.4 Å². The number of nitrogens with one attached hydrogen (secondary N) is 2. The standard InChI is InChI=1S/C17H15N5S/c1-2-5-12(6-3-1)8-9-15-19-17(22-20-15)13-11-18-21-16(13)14-7-4-10-23-14/h1-7,10-11H,8-9H2,(H,18,21)(H,19,20,22). The van der Waals surface area contributed by atoms with Crippen LogP contribution in [0, 0.1) is 0 Å². The first-order valence-corrected chi connectivity index (χ1v) is 8.31. The summed E-state index contributed by atoms with van der Waals surface area (Å²) in [4.78, 5) is 5.75. The van der Waals surface area contributed by atoms with Gasteiger partial charge in [-0.2, -0.15) is 10.2 Å². The molecule has 4 aromatic rings. The fraction of sp³-hybridized carbons (Fsp3) is 0.118. The summed E-state index contributed by atoms with van der Waals surface area (Å²) < 4.78 is 0. The monoisotopic (exact) mass is 321 g/mol. The number of thiophene rings is 1. The average molecular weight is 321 g/mol. The van der Waals surface area contributed by atoms with Crippen LogP contribution in [0.15, 0.2) is 54.0 Å². The predicted octanol–water partition coefficient (Wildman–Crippen LogP) is 3.71. The van der Waals surface area contributed by atoms with Gasteiger partial charge < -0.3 is 0 Å². The highest BCUT2D eigenvalue weighted by atomic mass is 32.1. The van der Waals surface area contributed by atoms with Crippen molar-refractivity contribution < 1.29 is 0 Å². The molecule has 0 saturated heterocycles. The van der Waals surface area contributed by atoms with Crippen LogP contribution in [0.25, 0.3) is 22.0 Å². The van der Waals surface area contributed by atoms with E-state index in [1.54, 1.807) is 17.5 Å². The van der Waals surface area contributed by atoms with Crippen molar-refractivity contribution in [1.82, 2.24) is 25.4 Å². The molecule has 3 heterocycles. The summed E-state index contributed by atoms with van der Waals surface area (Å²) in [7, 11) is 0. The SMILES string of the molecule is c1ccc(CCc2nc(-c3cn[nH]c3-c3cccs3)n[nH]2)cc1. The van der Waals surface area contributed by atoms with E-state index in [1.165, 1.54) is 5.56 Å². The molecule has 6 heteroatoms. The van der Waals surface area contributed by atoms with E-state index in [0.29, 0.717) is 5.82 Å². The van der Waals surface area contributed by atoms with Crippen LogP contribution in [0.3, 0.4) is 0 Å². The highest BCUT2D eigenvalue weighted by Gasteiger charge is 2.15. The van der Waals surface area contributed by atoms with Gasteiger partial charge in [0.2, 0.25) is 0 Å². The van der Waals surface area contributed by atoms with Crippen LogP contribution in [-0.4, -0.2) is 25.4 Å². The van der Waals surface area contributed by atoms with Crippen LogP contribution in [-0.2, 0) is 12.8 Å². The molecule has 0 radical (unpaired) electrons. The van der Waals surface area contributed by atoms with Gasteiger partial charge in [-0.3, -0.25) is 10.2 Å². The van der Waals surface area contributed by atoms with Crippen molar-refractivity contribution >= 4 is 11.3 Å². The largest absolute Gasteiger partial charge is 0.276 e. The second kappa shape index (κ2) is 6.18. The van der Waals surface area contributed by atoms with Gasteiger partial charge in [-0.05, 0) is 23.4 Å². The molecule has 0 saturated carbocycles. The molecule has 4 rings (SSSR count). The van der Waals surface area contributed by atoms with Crippen molar-refractivity contribution in [3.63, 3.8) is 0 Å². The van der Waals surface area contributed by atoms with Crippen molar-refractivity contribution in [1.29, 1.82) is 0 Å². The minimum atomic E-state index is 0.685. The second-order valence-electron chi connectivity index (χ2n) is 5.23. The maximum Gasteiger partial charge on any atom is 0.184 e. The molecule has 0 fully saturated rings. The van der Waals surface area contributed by atoms with Crippen molar-refractivity contribution in [2.24, 2.45) is 0 Å². The molecule has 1 aromatic carbocycles. The number of nitrogens with zero attached hydrogens (tertiary/aromatic N) is 3. The molecule has 0 spiro atoms. The Morgan fingerprint density at radius 3 is 2.70 bits per heavy atom. The Balaban J connectivity index is 1.54. The van der Waals surface area contributed by atoms with Crippen LogP contribution in [0.4, 0.5) is 0 Å². The maximum atomic E-state index is 4.62. The lowest BCUT2D eigenvalue weighted by Crippen LogP contribution is -1.93. The third-order valence-electron chi connectivity index (χ3n) is 3.67. The number of hydrogen-bond acceptors (Lipinski definition) is 4. The molecule has 0 atom stereocenters. The maximum absolute atomic E-state index is 4.62. The molecule has 23 heavy (non-hydrogen) atoms. The fourth-order valence-corrected chi connectivity index (χ4v) is 3.23. The van der Waals surface area contributed by atoms with Crippen LogP contribution in [0.5, 0.6) is 0 Å². The third-order valence-corrected chi connectivity index (χ3v) is 4.56. The normalized spacial score (nSPS) is 11.0. The molecule has 0 bridgehead atoms. The predicted molar refractivity (Wildman–Crippen MR) is 91.1 cm³/mol. The Bertz CT molecular complexity index is 877. The number of H-pyrrole nitrogens is 2. The van der Waals surface area contributed by atoms with Crippen molar-refractivity contribution in [3.05, 3.63) is 65.4 Å². The number of hydrogen-bond donors (Lipinski definition) is 2. The molecule has 0 unspecified atom stereocenters. The molecular weight excluding hydrogens is 306 g/mol. The summed E-state index contributed by atoms with van der Waals surface area (Å²) in [5, 5.41) is 16.6. The van der Waals surface area contributed by atoms with Gasteiger partial charge in [-0.25, -0.2) is 4.98 Å². The zero-order valence-corrected chi connectivity index (χ0v) is 13.2. The van der Waals surface area contributed by atoms with E-state index >= 15 is 0 Å². The lowest BCUT2D eigenvalue weighted by Gasteiger charge is -1.98. The first-order chi connectivity index (χ1) is 11.4. The smallest absolute Gasteiger partial charge is 0.184 e. The molecule has 0 aliphatic rings. The highest BCUT2D eigenvalue weighted by molar-refractivity contribution is 7.13. The van der Waals surface area contributed by atoms with E-state index in [4.69, 9.17) is 0 Å². The van der Waals surface area contributed by atoms with Gasteiger partial charge in [0.25, 0.3) is 0 Å². The summed E-state index contributed by atoms with van der Waals surface area (Å²) in [6.07, 6.45) is 3.56. The van der Waals surface area contributed by atoms with E-state index < -0.39 is 0 Å². The summed E-state index contributed by atoms with van der Waals surface area (Å²) in [6.45, 7) is 0. The summed E-state index contributed by atoms with van der Waals surface area (Å²) in [5.41, 5.74) is 3.19. The van der Waals surface area contributed by atoms with Gasteiger partial charge in [-0.15, -0.1) is 11.3 Å². The minimum Gasteiger partial charge on any atom is -0.276 e. The molecule has 0 aliphatic heterocycles. The Kier molecular flexibility index (Phi) is 3.73. The Morgan fingerprint density at radius 1 is 0.957 bits per heavy atom. The average Bonchev–Trinajstić information content (AvgIpc) is 3.32. The molecule has 0 amide bonds. The van der Waals surface area contributed by atoms with Gasteiger partial charge in [0, 0.05) is 6.42 Å². The Hall–Kier alpha value is -2.73. The first-order valence-electron chi connectivity index (χ1n) is 7.43. The zero-order chi connectivity index (χ0) is 15.5. The van der Waals surface area contributed by atoms with Crippen LogP contribution >= 0.6 is 11.3 Å². The number of aromatic amines is 2. The summed E-state index contributed by atoms with van der Waals surface area (Å²) >= 11 is 1.67.